The van der Waals surface area contributed by atoms with Gasteiger partial charge in [-0.15, -0.1) is 0 Å². The van der Waals surface area contributed by atoms with Crippen molar-refractivity contribution in [2.75, 3.05) is 4.90 Å². The van der Waals surface area contributed by atoms with E-state index in [1.807, 2.05) is 0 Å². The Kier molecular flexibility index (Phi) is 9.57. The number of fused-ring (bicyclic) bond motifs is 3. The second kappa shape index (κ2) is 16.1. The predicted octanol–water partition coefficient (Wildman–Crippen LogP) is 17.1. The first-order valence-corrected chi connectivity index (χ1v) is 21.1. The number of hydrogen-bond acceptors (Lipinski definition) is 2. The quantitative estimate of drug-likeness (QED) is 0.145. The summed E-state index contributed by atoms with van der Waals surface area (Å²) in [7, 11) is 0. The first-order chi connectivity index (χ1) is 30.7. The molecule has 0 saturated heterocycles. The highest BCUT2D eigenvalue weighted by atomic mass is 16.3. The van der Waals surface area contributed by atoms with Crippen LogP contribution in [0.5, 0.6) is 0 Å². The van der Waals surface area contributed by atoms with Crippen LogP contribution in [-0.2, 0) is 0 Å². The van der Waals surface area contributed by atoms with E-state index in [-0.39, 0.29) is 0 Å². The summed E-state index contributed by atoms with van der Waals surface area (Å²) >= 11 is 0. The zero-order valence-corrected chi connectivity index (χ0v) is 34.0. The number of hydrogen-bond donors (Lipinski definition) is 0. The van der Waals surface area contributed by atoms with Gasteiger partial charge in [-0.1, -0.05) is 182 Å². The van der Waals surface area contributed by atoms with Gasteiger partial charge in [-0.2, -0.15) is 0 Å². The van der Waals surface area contributed by atoms with Gasteiger partial charge in [0.05, 0.1) is 0 Å². The van der Waals surface area contributed by atoms with Crippen LogP contribution < -0.4 is 4.90 Å². The van der Waals surface area contributed by atoms with Gasteiger partial charge in [0.25, 0.3) is 0 Å². The van der Waals surface area contributed by atoms with Crippen LogP contribution >= 0.6 is 0 Å². The minimum absolute atomic E-state index is 0.899. The first kappa shape index (κ1) is 36.8. The fraction of sp³-hybridized carbons (Fsp3) is 0. The standard InChI is InChI=1S/C60H41NO/c1-4-11-42(12-5-1)46-23-31-54(32-24-46)61(55-33-25-47(26-34-55)43-13-6-2-7-14-43)56-35-27-48(28-36-56)45-19-21-49(22-20-45)50-17-10-18-51(39-50)53-30-38-60-58(41-53)57-40-52(29-37-59(57)62-60)44-15-8-3-9-16-44/h1-41H. The molecule has 292 valence electrons. The average molecular weight is 792 g/mol. The Labute approximate surface area is 362 Å². The summed E-state index contributed by atoms with van der Waals surface area (Å²) in [6.45, 7) is 0. The molecule has 2 heteroatoms. The molecular formula is C60H41NO. The van der Waals surface area contributed by atoms with Crippen LogP contribution in [0.2, 0.25) is 0 Å². The van der Waals surface area contributed by atoms with Gasteiger partial charge in [-0.25, -0.2) is 0 Å². The van der Waals surface area contributed by atoms with Crippen molar-refractivity contribution < 1.29 is 4.42 Å². The Balaban J connectivity index is 0.865. The lowest BCUT2D eigenvalue weighted by Gasteiger charge is -2.26. The largest absolute Gasteiger partial charge is 0.456 e. The van der Waals surface area contributed by atoms with E-state index in [2.05, 4.69) is 254 Å². The van der Waals surface area contributed by atoms with E-state index < -0.39 is 0 Å². The Morgan fingerprint density at radius 2 is 0.468 bits per heavy atom. The highest BCUT2D eigenvalue weighted by Crippen LogP contribution is 2.39. The lowest BCUT2D eigenvalue weighted by Crippen LogP contribution is -2.09. The second-order valence-electron chi connectivity index (χ2n) is 15.8. The Morgan fingerprint density at radius 3 is 0.871 bits per heavy atom. The molecule has 10 aromatic carbocycles. The van der Waals surface area contributed by atoms with Gasteiger partial charge < -0.3 is 9.32 Å². The summed E-state index contributed by atoms with van der Waals surface area (Å²) in [6, 6.07) is 89.0. The third-order valence-electron chi connectivity index (χ3n) is 11.9. The molecule has 11 rings (SSSR count). The summed E-state index contributed by atoms with van der Waals surface area (Å²) in [6.07, 6.45) is 0. The molecule has 0 aliphatic carbocycles. The molecule has 0 amide bonds. The van der Waals surface area contributed by atoms with Gasteiger partial charge in [-0.3, -0.25) is 0 Å². The van der Waals surface area contributed by atoms with Crippen LogP contribution in [0.25, 0.3) is 88.7 Å². The van der Waals surface area contributed by atoms with Gasteiger partial charge in [-0.05, 0) is 133 Å². The van der Waals surface area contributed by atoms with E-state index >= 15 is 0 Å². The maximum Gasteiger partial charge on any atom is 0.135 e. The lowest BCUT2D eigenvalue weighted by atomic mass is 9.96. The van der Waals surface area contributed by atoms with Gasteiger partial charge in [0, 0.05) is 27.8 Å². The van der Waals surface area contributed by atoms with Gasteiger partial charge in [0.1, 0.15) is 11.2 Å². The number of anilines is 3. The molecule has 0 spiro atoms. The van der Waals surface area contributed by atoms with Gasteiger partial charge in [0.15, 0.2) is 0 Å². The first-order valence-electron chi connectivity index (χ1n) is 21.1. The molecule has 0 atom stereocenters. The van der Waals surface area contributed by atoms with Crippen LogP contribution in [-0.4, -0.2) is 0 Å². The fourth-order valence-corrected chi connectivity index (χ4v) is 8.62. The molecule has 2 nitrogen and oxygen atoms in total. The van der Waals surface area contributed by atoms with Crippen molar-refractivity contribution in [3.8, 4) is 66.8 Å². The van der Waals surface area contributed by atoms with Crippen LogP contribution in [0.15, 0.2) is 253 Å². The third-order valence-corrected chi connectivity index (χ3v) is 11.9. The van der Waals surface area contributed by atoms with E-state index in [0.29, 0.717) is 0 Å². The second-order valence-corrected chi connectivity index (χ2v) is 15.8. The Morgan fingerprint density at radius 1 is 0.210 bits per heavy atom. The van der Waals surface area contributed by atoms with E-state index in [9.17, 15) is 0 Å². The number of benzene rings is 10. The molecule has 0 unspecified atom stereocenters. The van der Waals surface area contributed by atoms with Crippen molar-refractivity contribution >= 4 is 39.0 Å². The molecule has 0 radical (unpaired) electrons. The van der Waals surface area contributed by atoms with Crippen LogP contribution in [0.3, 0.4) is 0 Å². The maximum atomic E-state index is 6.27. The lowest BCUT2D eigenvalue weighted by molar-refractivity contribution is 0.669. The normalized spacial score (nSPS) is 11.2. The molecule has 0 fully saturated rings. The van der Waals surface area contributed by atoms with E-state index in [4.69, 9.17) is 4.42 Å². The smallest absolute Gasteiger partial charge is 0.135 e. The molecule has 1 heterocycles. The topological polar surface area (TPSA) is 16.4 Å². The molecule has 1 aromatic heterocycles. The minimum atomic E-state index is 0.899. The molecule has 0 aliphatic heterocycles. The summed E-state index contributed by atoms with van der Waals surface area (Å²) in [5.41, 5.74) is 19.3. The van der Waals surface area contributed by atoms with Crippen molar-refractivity contribution in [2.45, 2.75) is 0 Å². The SMILES string of the molecule is c1ccc(-c2ccc(N(c3ccc(-c4ccccc4)cc3)c3ccc(-c4ccc(-c5cccc(-c6ccc7oc8ccc(-c9ccccc9)cc8c7c6)c5)cc4)cc3)cc2)cc1. The van der Waals surface area contributed by atoms with Crippen LogP contribution in [0, 0.1) is 0 Å². The Bertz CT molecular complexity index is 3200. The molecular weight excluding hydrogens is 751 g/mol. The summed E-state index contributed by atoms with van der Waals surface area (Å²) in [5, 5.41) is 2.26. The number of rotatable bonds is 9. The highest BCUT2D eigenvalue weighted by Gasteiger charge is 2.15. The van der Waals surface area contributed by atoms with Crippen molar-refractivity contribution in [3.63, 3.8) is 0 Å². The summed E-state index contributed by atoms with van der Waals surface area (Å²) in [5.74, 6) is 0. The van der Waals surface area contributed by atoms with E-state index in [1.54, 1.807) is 0 Å². The van der Waals surface area contributed by atoms with E-state index in [0.717, 1.165) is 44.6 Å². The molecule has 62 heavy (non-hydrogen) atoms. The summed E-state index contributed by atoms with van der Waals surface area (Å²) in [4.78, 5) is 2.33. The Hall–Kier alpha value is -8.20. The zero-order valence-electron chi connectivity index (χ0n) is 34.0. The van der Waals surface area contributed by atoms with E-state index in [1.165, 1.54) is 61.2 Å². The average Bonchev–Trinajstić information content (AvgIpc) is 3.73. The number of furan rings is 1. The fourth-order valence-electron chi connectivity index (χ4n) is 8.62. The van der Waals surface area contributed by atoms with Gasteiger partial charge >= 0.3 is 0 Å². The highest BCUT2D eigenvalue weighted by molar-refractivity contribution is 6.07. The molecule has 0 aliphatic rings. The van der Waals surface area contributed by atoms with Crippen LogP contribution in [0.4, 0.5) is 17.1 Å². The van der Waals surface area contributed by atoms with Gasteiger partial charge in [0.2, 0.25) is 0 Å². The molecule has 0 N–H and O–H groups in total. The van der Waals surface area contributed by atoms with Crippen molar-refractivity contribution in [1.82, 2.24) is 0 Å². The zero-order chi connectivity index (χ0) is 41.2. The third kappa shape index (κ3) is 7.25. The van der Waals surface area contributed by atoms with Crippen LogP contribution in [0.1, 0.15) is 0 Å². The number of nitrogens with zero attached hydrogens (tertiary/aromatic N) is 1. The molecule has 11 aromatic rings. The van der Waals surface area contributed by atoms with Crippen molar-refractivity contribution in [3.05, 3.63) is 249 Å². The maximum absolute atomic E-state index is 6.27. The summed E-state index contributed by atoms with van der Waals surface area (Å²) < 4.78 is 6.27. The molecule has 0 saturated carbocycles. The van der Waals surface area contributed by atoms with Crippen molar-refractivity contribution in [1.29, 1.82) is 0 Å². The predicted molar refractivity (Wildman–Crippen MR) is 261 cm³/mol. The van der Waals surface area contributed by atoms with Crippen molar-refractivity contribution in [2.24, 2.45) is 0 Å². The minimum Gasteiger partial charge on any atom is -0.456 e. The molecule has 0 bridgehead atoms. The monoisotopic (exact) mass is 791 g/mol.